The van der Waals surface area contributed by atoms with Gasteiger partial charge in [0.2, 0.25) is 0 Å². The molecule has 1 rings (SSSR count). The van der Waals surface area contributed by atoms with Crippen molar-refractivity contribution in [3.8, 4) is 0 Å². The molecule has 1 heterocycles. The van der Waals surface area contributed by atoms with E-state index in [0.29, 0.717) is 11.1 Å². The summed E-state index contributed by atoms with van der Waals surface area (Å²) in [4.78, 5) is 3.57. The Balaban J connectivity index is 3.46. The summed E-state index contributed by atoms with van der Waals surface area (Å²) in [6.07, 6.45) is 1.30. The third-order valence-corrected chi connectivity index (χ3v) is 2.29. The second-order valence-electron chi connectivity index (χ2n) is 2.61. The summed E-state index contributed by atoms with van der Waals surface area (Å²) in [5.74, 6) is 0. The van der Waals surface area contributed by atoms with E-state index < -0.39 is 10.1 Å². The summed E-state index contributed by atoms with van der Waals surface area (Å²) in [5.41, 5.74) is 0.880. The van der Waals surface area contributed by atoms with Crippen molar-refractivity contribution in [2.24, 2.45) is 0 Å². The van der Waals surface area contributed by atoms with Gasteiger partial charge in [-0.3, -0.25) is 4.55 Å². The summed E-state index contributed by atoms with van der Waals surface area (Å²) in [7, 11) is -4.25. The van der Waals surface area contributed by atoms with Crippen LogP contribution in [0.5, 0.6) is 0 Å². The van der Waals surface area contributed by atoms with Crippen LogP contribution >= 0.6 is 0 Å². The molecule has 0 aliphatic heterocycles. The highest BCUT2D eigenvalue weighted by Gasteiger charge is 2.16. The summed E-state index contributed by atoms with van der Waals surface area (Å²) >= 11 is 0. The SMILES string of the molecule is C=C(C)c1cccnc1S(=O)(=O)O. The van der Waals surface area contributed by atoms with E-state index >= 15 is 0 Å². The molecule has 0 radical (unpaired) electrons. The summed E-state index contributed by atoms with van der Waals surface area (Å²) in [6.45, 7) is 5.23. The van der Waals surface area contributed by atoms with Gasteiger partial charge in [-0.1, -0.05) is 12.6 Å². The molecular weight excluding hydrogens is 190 g/mol. The van der Waals surface area contributed by atoms with Crippen molar-refractivity contribution in [3.63, 3.8) is 0 Å². The fraction of sp³-hybridized carbons (Fsp3) is 0.125. The van der Waals surface area contributed by atoms with E-state index in [1.165, 1.54) is 6.20 Å². The van der Waals surface area contributed by atoms with E-state index in [9.17, 15) is 8.42 Å². The maximum absolute atomic E-state index is 10.8. The van der Waals surface area contributed by atoms with Crippen molar-refractivity contribution in [3.05, 3.63) is 30.5 Å². The molecule has 0 saturated carbocycles. The molecule has 0 aromatic carbocycles. The summed E-state index contributed by atoms with van der Waals surface area (Å²) in [6, 6.07) is 3.12. The molecule has 4 nitrogen and oxygen atoms in total. The topological polar surface area (TPSA) is 67.3 Å². The highest BCUT2D eigenvalue weighted by molar-refractivity contribution is 7.85. The van der Waals surface area contributed by atoms with Gasteiger partial charge in [-0.15, -0.1) is 0 Å². The predicted molar refractivity (Wildman–Crippen MR) is 48.8 cm³/mol. The van der Waals surface area contributed by atoms with E-state index in [2.05, 4.69) is 11.6 Å². The lowest BCUT2D eigenvalue weighted by atomic mass is 10.2. The Morgan fingerprint density at radius 1 is 1.62 bits per heavy atom. The Morgan fingerprint density at radius 2 is 2.23 bits per heavy atom. The number of pyridine rings is 1. The lowest BCUT2D eigenvalue weighted by Crippen LogP contribution is -2.04. The number of aromatic nitrogens is 1. The quantitative estimate of drug-likeness (QED) is 0.730. The van der Waals surface area contributed by atoms with Gasteiger partial charge in [0, 0.05) is 11.8 Å². The fourth-order valence-corrected chi connectivity index (χ4v) is 1.64. The van der Waals surface area contributed by atoms with E-state index in [1.54, 1.807) is 19.1 Å². The first-order chi connectivity index (χ1) is 5.93. The normalized spacial score (nSPS) is 11.2. The average molecular weight is 199 g/mol. The molecule has 0 bridgehead atoms. The largest absolute Gasteiger partial charge is 0.312 e. The summed E-state index contributed by atoms with van der Waals surface area (Å²) < 4.78 is 30.4. The molecule has 1 aromatic rings. The van der Waals surface area contributed by atoms with Gasteiger partial charge in [-0.05, 0) is 18.6 Å². The molecule has 0 aliphatic carbocycles. The molecule has 5 heteroatoms. The highest BCUT2D eigenvalue weighted by Crippen LogP contribution is 2.18. The zero-order chi connectivity index (χ0) is 10.1. The smallest absolute Gasteiger partial charge is 0.281 e. The van der Waals surface area contributed by atoms with Gasteiger partial charge in [0.15, 0.2) is 5.03 Å². The van der Waals surface area contributed by atoms with Crippen molar-refractivity contribution in [1.29, 1.82) is 0 Å². The molecule has 0 amide bonds. The van der Waals surface area contributed by atoms with Crippen LogP contribution in [0.25, 0.3) is 5.57 Å². The van der Waals surface area contributed by atoms with Crippen LogP contribution in [0.3, 0.4) is 0 Å². The van der Waals surface area contributed by atoms with Crippen LogP contribution in [0.4, 0.5) is 0 Å². The van der Waals surface area contributed by atoms with Crippen LogP contribution in [0, 0.1) is 0 Å². The van der Waals surface area contributed by atoms with Gasteiger partial charge in [0.1, 0.15) is 0 Å². The Morgan fingerprint density at radius 3 is 2.62 bits per heavy atom. The molecule has 13 heavy (non-hydrogen) atoms. The Hall–Kier alpha value is -1.20. The molecule has 0 aliphatic rings. The van der Waals surface area contributed by atoms with Crippen LogP contribution < -0.4 is 0 Å². The molecule has 0 atom stereocenters. The number of allylic oxidation sites excluding steroid dienone is 1. The number of nitrogens with zero attached hydrogens (tertiary/aromatic N) is 1. The van der Waals surface area contributed by atoms with Gasteiger partial charge in [0.25, 0.3) is 0 Å². The van der Waals surface area contributed by atoms with Gasteiger partial charge in [-0.2, -0.15) is 8.42 Å². The third-order valence-electron chi connectivity index (χ3n) is 1.48. The standard InChI is InChI=1S/C8H9NO3S/c1-6(2)7-4-3-5-9-8(7)13(10,11)12/h3-5H,1H2,2H3,(H,10,11,12). The second-order valence-corrected chi connectivity index (χ2v) is 3.95. The molecule has 0 fully saturated rings. The van der Waals surface area contributed by atoms with E-state index in [1.807, 2.05) is 0 Å². The van der Waals surface area contributed by atoms with Crippen LogP contribution in [-0.4, -0.2) is 18.0 Å². The van der Waals surface area contributed by atoms with Crippen molar-refractivity contribution in [1.82, 2.24) is 4.98 Å². The monoisotopic (exact) mass is 199 g/mol. The average Bonchev–Trinajstić information content (AvgIpc) is 2.03. The second kappa shape index (κ2) is 3.27. The Labute approximate surface area is 76.7 Å². The van der Waals surface area contributed by atoms with Crippen molar-refractivity contribution in [2.75, 3.05) is 0 Å². The maximum Gasteiger partial charge on any atom is 0.312 e. The van der Waals surface area contributed by atoms with Crippen molar-refractivity contribution >= 4 is 15.7 Å². The van der Waals surface area contributed by atoms with Gasteiger partial charge in [0.05, 0.1) is 0 Å². The predicted octanol–water partition coefficient (Wildman–Crippen LogP) is 1.36. The van der Waals surface area contributed by atoms with Gasteiger partial charge < -0.3 is 0 Å². The minimum atomic E-state index is -4.25. The maximum atomic E-state index is 10.8. The van der Waals surface area contributed by atoms with E-state index in [4.69, 9.17) is 4.55 Å². The van der Waals surface area contributed by atoms with E-state index in [0.717, 1.165) is 0 Å². The Bertz CT molecular complexity index is 436. The van der Waals surface area contributed by atoms with Crippen molar-refractivity contribution in [2.45, 2.75) is 11.9 Å². The molecule has 0 unspecified atom stereocenters. The third kappa shape index (κ3) is 2.13. The summed E-state index contributed by atoms with van der Waals surface area (Å²) in [5, 5.41) is -0.345. The minimum absolute atomic E-state index is 0.338. The lowest BCUT2D eigenvalue weighted by Gasteiger charge is -2.03. The van der Waals surface area contributed by atoms with Crippen molar-refractivity contribution < 1.29 is 13.0 Å². The highest BCUT2D eigenvalue weighted by atomic mass is 32.2. The number of hydrogen-bond acceptors (Lipinski definition) is 3. The zero-order valence-electron chi connectivity index (χ0n) is 7.06. The molecule has 70 valence electrons. The van der Waals surface area contributed by atoms with Crippen LogP contribution in [-0.2, 0) is 10.1 Å². The first kappa shape index (κ1) is 9.88. The van der Waals surface area contributed by atoms with Crippen LogP contribution in [0.1, 0.15) is 12.5 Å². The number of hydrogen-bond donors (Lipinski definition) is 1. The van der Waals surface area contributed by atoms with E-state index in [-0.39, 0.29) is 5.03 Å². The fourth-order valence-electron chi connectivity index (χ4n) is 0.921. The first-order valence-electron chi connectivity index (χ1n) is 3.51. The minimum Gasteiger partial charge on any atom is -0.281 e. The van der Waals surface area contributed by atoms with Gasteiger partial charge >= 0.3 is 10.1 Å². The molecule has 0 spiro atoms. The van der Waals surface area contributed by atoms with Crippen LogP contribution in [0.15, 0.2) is 29.9 Å². The molecule has 1 aromatic heterocycles. The lowest BCUT2D eigenvalue weighted by molar-refractivity contribution is 0.479. The Kier molecular flexibility index (Phi) is 2.49. The number of rotatable bonds is 2. The molecule has 0 saturated heterocycles. The van der Waals surface area contributed by atoms with Crippen LogP contribution in [0.2, 0.25) is 0 Å². The molecular formula is C8H9NO3S. The van der Waals surface area contributed by atoms with Gasteiger partial charge in [-0.25, -0.2) is 4.98 Å². The first-order valence-corrected chi connectivity index (χ1v) is 4.95. The molecule has 1 N–H and O–H groups in total. The zero-order valence-corrected chi connectivity index (χ0v) is 7.87.